The Hall–Kier alpha value is -3.14. The largest absolute Gasteiger partial charge is 1.00 e. The third-order valence-electron chi connectivity index (χ3n) is 24.2. The second-order valence-electron chi connectivity index (χ2n) is 41.5. The Labute approximate surface area is 850 Å². The van der Waals surface area contributed by atoms with Gasteiger partial charge in [-0.05, 0) is 295 Å². The first-order valence-corrected chi connectivity index (χ1v) is 42.6. The topological polar surface area (TPSA) is 376 Å². The molecule has 0 saturated heterocycles. The standard InChI is InChI=1S/C17H36.C13H23NO2.C12H18N2O2.C12H21NO3.C12H21NO2.C12H9NO.C11H19NO2.CH2O3.CO2.2CH4.B.2Cs.H3N.H/c1-5-9-13-17(14-10-6-2,15-11-7-3)16-12-8-4;1-5-6-12-7-13(8-12,9-12)14-10(15)16-11(2,3)4;1-10(2,3)16-9(15)14-12-5-11(6-12,7-12)8-13-4;1-10(2,3)16-9(15)13-12-6-11(7-12,8-12)4-5-14;1-5-11-6-12(7-11,8-11)13-9(14)15-10(2,3)4;1-8-11(7-14)3-2-10-4-9(6-13)5-12(8)10;1-9(2,3)14-8(13)12-11-5-10(4,6-11)7-11;2-1-4-3;2-1-3;;;;;;;/h5-16H2,1-4H3;5-9H2,1-4H3,(H,14,15);5-8H2,1-3H3,(H,14,15);14H,4-8H2,1-3H3,(H,13,15);5-8H2,1-4H3,(H,13,14);2-3,5,7H,4H2,1H3;5-7H2,1-4H3,(H,12,13);1,3H;;2*1H4;;;;1H3;/q;;;;;;;;;;;;2*+1;;-1/p-1. The van der Waals surface area contributed by atoms with Crippen molar-refractivity contribution in [2.75, 3.05) is 13.2 Å². The Morgan fingerprint density at radius 1 is 0.529 bits per heavy atom. The average Bonchev–Trinajstić information content (AvgIpc) is 0.702. The van der Waals surface area contributed by atoms with Gasteiger partial charge < -0.3 is 77.9 Å². The Morgan fingerprint density at radius 3 is 1.04 bits per heavy atom. The van der Waals surface area contributed by atoms with Gasteiger partial charge in [0.15, 0.2) is 0 Å². The van der Waals surface area contributed by atoms with Crippen molar-refractivity contribution in [2.45, 2.75) is 435 Å². The molecule has 9 N–H and O–H groups in total. The first kappa shape index (κ1) is 122. The number of aldehydes is 1. The average molecular weight is 1940 g/mol. The van der Waals surface area contributed by atoms with Crippen molar-refractivity contribution in [1.29, 1.82) is 5.26 Å². The number of aliphatic hydroxyl groups is 1. The van der Waals surface area contributed by atoms with Crippen LogP contribution in [-0.2, 0) is 49.4 Å². The summed E-state index contributed by atoms with van der Waals surface area (Å²) in [6, 6.07) is 5.89. The van der Waals surface area contributed by atoms with E-state index in [2.05, 4.69) is 90.9 Å². The maximum absolute atomic E-state index is 11.6. The van der Waals surface area contributed by atoms with Gasteiger partial charge in [-0.15, -0.1) is 0 Å². The molecule has 0 unspecified atom stereocenters. The number of hydrogen-bond acceptors (Lipinski definition) is 19. The quantitative estimate of drug-likeness (QED) is 0.0119. The predicted molar refractivity (Wildman–Crippen MR) is 468 cm³/mol. The number of unbranched alkanes of at least 4 members (excludes halogenated alkanes) is 4. The molecule has 121 heavy (non-hydrogen) atoms. The van der Waals surface area contributed by atoms with E-state index in [0.717, 1.165) is 131 Å². The molecule has 679 valence electrons. The molecule has 0 atom stereocenters. The van der Waals surface area contributed by atoms with Crippen LogP contribution in [0.2, 0.25) is 0 Å². The molecule has 25 nitrogen and oxygen atoms in total. The van der Waals surface area contributed by atoms with Gasteiger partial charge in [0.25, 0.3) is 6.47 Å². The molecule has 0 spiro atoms. The first-order chi connectivity index (χ1) is 53.2. The SMILES string of the molecule is C.C.CC(C)(C)OC(=O)NC12CC(CCO)(C1)C2.CC12CC(NC(=O)OC(C)(C)C)(C1)C2.CCC12CC(NC(=O)OC(C)(C)C)(C1)C2.CCCC12CC(NC(=O)OC(C)(C)C)(C1)C2.CCCCC(CCCC)(CCCC)CCCC.Cc1c(C=O)ccc2c1C=C(C#N)C2.N.O=C=O.O=CO[O-].[B].[C-]#[N+]CC12CC(NC(=O)OC(C)(C)C)(C1)C2.[Cs+].[Cs+].[H-]. The summed E-state index contributed by atoms with van der Waals surface area (Å²) in [4.78, 5) is 99.4. The van der Waals surface area contributed by atoms with Gasteiger partial charge in [-0.1, -0.05) is 140 Å². The van der Waals surface area contributed by atoms with Gasteiger partial charge in [0.2, 0.25) is 6.54 Å². The van der Waals surface area contributed by atoms with Crippen LogP contribution in [0.4, 0.5) is 24.0 Å². The Bertz CT molecular complexity index is 3420. The normalized spacial score (nSPS) is 26.9. The van der Waals surface area contributed by atoms with Crippen LogP contribution in [0.5, 0.6) is 0 Å². The summed E-state index contributed by atoms with van der Waals surface area (Å²) >= 11 is 0. The maximum atomic E-state index is 11.6. The molecular formula is C93H160BCs2N8O17. The molecule has 10 bridgehead atoms. The Kier molecular flexibility index (Phi) is 51.1. The molecular weight excluding hydrogens is 1780 g/mol. The molecule has 0 heterocycles. The number of carbonyl (C=O) groups is 7. The van der Waals surface area contributed by atoms with E-state index in [4.69, 9.17) is 60.3 Å². The van der Waals surface area contributed by atoms with Crippen molar-refractivity contribution in [2.24, 2.45) is 32.5 Å². The Morgan fingerprint density at radius 2 is 0.810 bits per heavy atom. The van der Waals surface area contributed by atoms with Crippen LogP contribution >= 0.6 is 0 Å². The fourth-order valence-electron chi connectivity index (χ4n) is 20.3. The number of nitrogens with one attached hydrogen (secondary N) is 5. The molecule has 15 saturated carbocycles. The summed E-state index contributed by atoms with van der Waals surface area (Å²) in [5, 5.41) is 41.0. The first-order valence-electron chi connectivity index (χ1n) is 42.6. The van der Waals surface area contributed by atoms with E-state index in [-0.39, 0.29) is 251 Å². The summed E-state index contributed by atoms with van der Waals surface area (Å²) in [5.41, 5.74) is 5.72. The molecule has 17 rings (SSSR count). The summed E-state index contributed by atoms with van der Waals surface area (Å²) in [6.45, 7) is 53.7. The van der Waals surface area contributed by atoms with Crippen molar-refractivity contribution < 1.29 is 221 Å². The molecule has 5 amide bonds. The van der Waals surface area contributed by atoms with E-state index in [9.17, 15) is 28.8 Å². The number of aliphatic hydroxyl groups excluding tert-OH is 1. The summed E-state index contributed by atoms with van der Waals surface area (Å²) in [7, 11) is 0. The fraction of sp³-hybridized carbons (Fsp3) is 0.806. The van der Waals surface area contributed by atoms with Gasteiger partial charge in [-0.2, -0.15) is 14.9 Å². The van der Waals surface area contributed by atoms with Crippen LogP contribution in [0, 0.1) is 57.3 Å². The third-order valence-corrected chi connectivity index (χ3v) is 24.2. The number of benzene rings is 1. The van der Waals surface area contributed by atoms with Crippen molar-refractivity contribution in [3.63, 3.8) is 0 Å². The van der Waals surface area contributed by atoms with Crippen LogP contribution < -0.4 is 176 Å². The number of allylic oxidation sites excluding steroid dienone is 1. The van der Waals surface area contributed by atoms with E-state index in [1.807, 2.05) is 129 Å². The van der Waals surface area contributed by atoms with E-state index < -0.39 is 28.0 Å². The van der Waals surface area contributed by atoms with E-state index >= 15 is 0 Å². The van der Waals surface area contributed by atoms with Crippen LogP contribution in [0.25, 0.3) is 10.9 Å². The molecule has 16 aliphatic rings. The van der Waals surface area contributed by atoms with Gasteiger partial charge >= 0.3 is 174 Å². The number of ether oxygens (including phenoxy) is 5. The molecule has 15 fully saturated rings. The number of nitriles is 1. The number of fused-ring (bicyclic) bond motifs is 1. The van der Waals surface area contributed by atoms with Gasteiger partial charge in [-0.3, -0.25) is 9.59 Å². The summed E-state index contributed by atoms with van der Waals surface area (Å²) < 4.78 is 26.2. The zero-order valence-electron chi connectivity index (χ0n) is 79.1. The van der Waals surface area contributed by atoms with Crippen LogP contribution in [0.1, 0.15) is 395 Å². The number of hydrogen-bond donors (Lipinski definition) is 7. The minimum absolute atomic E-state index is 0. The number of carbonyl (C=O) groups excluding carboxylic acids is 9. The van der Waals surface area contributed by atoms with Crippen LogP contribution in [-0.4, -0.2) is 132 Å². The third kappa shape index (κ3) is 37.8. The molecule has 28 heteroatoms. The Balaban J connectivity index is -0.000000651. The zero-order valence-corrected chi connectivity index (χ0v) is 90.6. The molecule has 0 aromatic heterocycles. The number of alkyl carbamates (subject to hydrolysis) is 5. The summed E-state index contributed by atoms with van der Waals surface area (Å²) in [6.07, 6.45) is 40.3. The second kappa shape index (κ2) is 50.7. The van der Waals surface area contributed by atoms with Gasteiger partial charge in [0.05, 0.1) is 6.07 Å². The van der Waals surface area contributed by atoms with Crippen LogP contribution in [0.15, 0.2) is 17.7 Å². The molecule has 0 aliphatic heterocycles. The van der Waals surface area contributed by atoms with Crippen molar-refractivity contribution in [1.82, 2.24) is 32.7 Å². The fourth-order valence-corrected chi connectivity index (χ4v) is 20.3. The minimum Gasteiger partial charge on any atom is -1.00 e. The molecule has 1 aromatic carbocycles. The minimum atomic E-state index is -0.443. The maximum Gasteiger partial charge on any atom is 1.00 e. The van der Waals surface area contributed by atoms with Gasteiger partial charge in [0, 0.05) is 65.7 Å². The van der Waals surface area contributed by atoms with Crippen LogP contribution in [0.3, 0.4) is 0 Å². The van der Waals surface area contributed by atoms with Crippen molar-refractivity contribution in [3.05, 3.63) is 51.4 Å². The molecule has 3 radical (unpaired) electrons. The summed E-state index contributed by atoms with van der Waals surface area (Å²) in [5.74, 6) is 0. The van der Waals surface area contributed by atoms with Crippen molar-refractivity contribution >= 4 is 63.9 Å². The predicted octanol–water partition coefficient (Wildman–Crippen LogP) is 14.7. The molecule has 1 aromatic rings. The zero-order chi connectivity index (χ0) is 87.3. The smallest absolute Gasteiger partial charge is 1.00 e. The number of nitrogens with zero attached hydrogens (tertiary/aromatic N) is 2. The molecule has 16 aliphatic carbocycles. The van der Waals surface area contributed by atoms with Gasteiger partial charge in [0.1, 0.15) is 34.3 Å². The van der Waals surface area contributed by atoms with Crippen molar-refractivity contribution in [3.8, 4) is 6.07 Å². The van der Waals surface area contributed by atoms with E-state index in [1.165, 1.54) is 96.3 Å². The second-order valence-corrected chi connectivity index (χ2v) is 41.5. The van der Waals surface area contributed by atoms with E-state index in [0.29, 0.717) is 45.6 Å². The van der Waals surface area contributed by atoms with Gasteiger partial charge in [-0.25, -0.2) is 30.5 Å². The number of rotatable bonds is 25. The van der Waals surface area contributed by atoms with E-state index in [1.54, 1.807) is 0 Å². The monoisotopic (exact) mass is 1940 g/mol. The number of amides is 5.